The van der Waals surface area contributed by atoms with Crippen LogP contribution >= 0.6 is 0 Å². The molecule has 0 atom stereocenters. The smallest absolute Gasteiger partial charge is 0.257 e. The number of benzene rings is 1. The second-order valence-corrected chi connectivity index (χ2v) is 4.94. The minimum atomic E-state index is -0.292. The number of H-pyrrole nitrogens is 1. The van der Waals surface area contributed by atoms with Crippen LogP contribution in [0.1, 0.15) is 16.1 Å². The first-order valence-electron chi connectivity index (χ1n) is 6.97. The molecule has 0 aliphatic carbocycles. The molecule has 0 unspecified atom stereocenters. The van der Waals surface area contributed by atoms with Crippen LogP contribution in [0.5, 0.6) is 11.5 Å². The Balaban J connectivity index is 1.88. The van der Waals surface area contributed by atoms with Crippen LogP contribution < -0.4 is 14.8 Å². The van der Waals surface area contributed by atoms with Gasteiger partial charge in [0.05, 0.1) is 19.6 Å². The lowest BCUT2D eigenvalue weighted by Crippen LogP contribution is -2.12. The van der Waals surface area contributed by atoms with Crippen LogP contribution in [0.3, 0.4) is 0 Å². The number of aromatic amines is 1. The van der Waals surface area contributed by atoms with E-state index in [0.717, 1.165) is 11.1 Å². The van der Waals surface area contributed by atoms with Crippen molar-refractivity contribution < 1.29 is 14.3 Å². The van der Waals surface area contributed by atoms with Crippen molar-refractivity contribution in [2.45, 2.75) is 6.92 Å². The lowest BCUT2D eigenvalue weighted by molar-refractivity contribution is 0.102. The van der Waals surface area contributed by atoms with Gasteiger partial charge >= 0.3 is 0 Å². The Morgan fingerprint density at radius 1 is 1.13 bits per heavy atom. The van der Waals surface area contributed by atoms with Crippen molar-refractivity contribution in [3.05, 3.63) is 41.6 Å². The molecule has 0 spiro atoms. The van der Waals surface area contributed by atoms with Crippen molar-refractivity contribution >= 4 is 22.8 Å². The molecule has 0 aliphatic rings. The van der Waals surface area contributed by atoms with Crippen LogP contribution in [-0.2, 0) is 0 Å². The summed E-state index contributed by atoms with van der Waals surface area (Å²) in [4.78, 5) is 16.7. The number of nitrogens with zero attached hydrogens (tertiary/aromatic N) is 2. The Kier molecular flexibility index (Phi) is 3.84. The zero-order valence-electron chi connectivity index (χ0n) is 13.0. The first-order chi connectivity index (χ1) is 11.1. The van der Waals surface area contributed by atoms with Gasteiger partial charge in [0.15, 0.2) is 23.0 Å². The van der Waals surface area contributed by atoms with Crippen LogP contribution in [0.4, 0.5) is 5.82 Å². The summed E-state index contributed by atoms with van der Waals surface area (Å²) in [6.07, 6.45) is 0. The van der Waals surface area contributed by atoms with Gasteiger partial charge in [0, 0.05) is 11.3 Å². The van der Waals surface area contributed by atoms with Gasteiger partial charge in [-0.25, -0.2) is 4.98 Å². The fraction of sp³-hybridized carbons (Fsp3) is 0.188. The third-order valence-corrected chi connectivity index (χ3v) is 3.44. The molecular formula is C16H16N4O3. The number of hydrogen-bond donors (Lipinski definition) is 2. The average Bonchev–Trinajstić information content (AvgIpc) is 2.96. The quantitative estimate of drug-likeness (QED) is 0.773. The standard InChI is InChI=1S/C16H16N4O3/c1-9-4-6-11-14(17-9)19-20-15(11)18-16(21)10-5-7-12(22-2)13(8-10)23-3/h4-8H,1-3H3,(H2,17,18,19,20,21). The highest BCUT2D eigenvalue weighted by Crippen LogP contribution is 2.28. The maximum atomic E-state index is 12.4. The molecule has 0 aliphatic heterocycles. The monoisotopic (exact) mass is 312 g/mol. The Morgan fingerprint density at radius 2 is 1.91 bits per heavy atom. The lowest BCUT2D eigenvalue weighted by Gasteiger charge is -2.09. The van der Waals surface area contributed by atoms with Crippen molar-refractivity contribution in [1.82, 2.24) is 15.2 Å². The van der Waals surface area contributed by atoms with Gasteiger partial charge in [0.1, 0.15) is 0 Å². The topological polar surface area (TPSA) is 89.1 Å². The number of ether oxygens (including phenoxy) is 2. The predicted octanol–water partition coefficient (Wildman–Crippen LogP) is 2.54. The molecule has 3 aromatic rings. The molecular weight excluding hydrogens is 296 g/mol. The lowest BCUT2D eigenvalue weighted by atomic mass is 10.2. The molecule has 1 amide bonds. The van der Waals surface area contributed by atoms with Crippen LogP contribution in [-0.4, -0.2) is 35.3 Å². The molecule has 7 nitrogen and oxygen atoms in total. The number of fused-ring (bicyclic) bond motifs is 1. The number of pyridine rings is 1. The van der Waals surface area contributed by atoms with E-state index in [9.17, 15) is 4.79 Å². The van der Waals surface area contributed by atoms with E-state index in [1.54, 1.807) is 25.3 Å². The number of carbonyl (C=O) groups is 1. The number of rotatable bonds is 4. The van der Waals surface area contributed by atoms with Crippen molar-refractivity contribution in [1.29, 1.82) is 0 Å². The molecule has 0 fully saturated rings. The highest BCUT2D eigenvalue weighted by molar-refractivity contribution is 6.07. The van der Waals surface area contributed by atoms with Crippen molar-refractivity contribution in [2.24, 2.45) is 0 Å². The second-order valence-electron chi connectivity index (χ2n) is 4.94. The van der Waals surface area contributed by atoms with E-state index in [0.29, 0.717) is 28.5 Å². The number of amides is 1. The summed E-state index contributed by atoms with van der Waals surface area (Å²) in [5.41, 5.74) is 1.95. The minimum absolute atomic E-state index is 0.292. The van der Waals surface area contributed by atoms with Crippen LogP contribution in [0, 0.1) is 6.92 Å². The van der Waals surface area contributed by atoms with E-state index in [1.807, 2.05) is 19.1 Å². The fourth-order valence-corrected chi connectivity index (χ4v) is 2.25. The molecule has 1 aromatic carbocycles. The van der Waals surface area contributed by atoms with E-state index >= 15 is 0 Å². The zero-order chi connectivity index (χ0) is 16.4. The number of aryl methyl sites for hydroxylation is 1. The number of aromatic nitrogens is 3. The van der Waals surface area contributed by atoms with E-state index in [2.05, 4.69) is 20.5 Å². The Morgan fingerprint density at radius 3 is 2.65 bits per heavy atom. The second kappa shape index (κ2) is 5.96. The van der Waals surface area contributed by atoms with Crippen molar-refractivity contribution in [3.63, 3.8) is 0 Å². The zero-order valence-corrected chi connectivity index (χ0v) is 13.0. The molecule has 0 saturated heterocycles. The maximum absolute atomic E-state index is 12.4. The molecule has 2 N–H and O–H groups in total. The fourth-order valence-electron chi connectivity index (χ4n) is 2.25. The summed E-state index contributed by atoms with van der Waals surface area (Å²) in [5, 5.41) is 10.4. The van der Waals surface area contributed by atoms with Gasteiger partial charge in [0.2, 0.25) is 0 Å². The molecule has 3 rings (SSSR count). The van der Waals surface area contributed by atoms with E-state index < -0.39 is 0 Å². The van der Waals surface area contributed by atoms with Gasteiger partial charge in [-0.2, -0.15) is 5.10 Å². The van der Waals surface area contributed by atoms with Gasteiger partial charge in [-0.15, -0.1) is 0 Å². The Hall–Kier alpha value is -3.09. The maximum Gasteiger partial charge on any atom is 0.257 e. The van der Waals surface area contributed by atoms with E-state index in [-0.39, 0.29) is 5.91 Å². The highest BCUT2D eigenvalue weighted by atomic mass is 16.5. The van der Waals surface area contributed by atoms with E-state index in [4.69, 9.17) is 9.47 Å². The first-order valence-corrected chi connectivity index (χ1v) is 6.97. The number of hydrogen-bond acceptors (Lipinski definition) is 5. The van der Waals surface area contributed by atoms with Gasteiger partial charge in [-0.3, -0.25) is 9.89 Å². The molecule has 2 aromatic heterocycles. The molecule has 23 heavy (non-hydrogen) atoms. The van der Waals surface area contributed by atoms with Gasteiger partial charge < -0.3 is 14.8 Å². The average molecular weight is 312 g/mol. The first kappa shape index (κ1) is 14.8. The minimum Gasteiger partial charge on any atom is -0.493 e. The molecule has 7 heteroatoms. The van der Waals surface area contributed by atoms with Gasteiger partial charge in [0.25, 0.3) is 5.91 Å². The highest BCUT2D eigenvalue weighted by Gasteiger charge is 2.14. The summed E-state index contributed by atoms with van der Waals surface area (Å²) < 4.78 is 10.4. The molecule has 0 saturated carbocycles. The van der Waals surface area contributed by atoms with Gasteiger partial charge in [-0.1, -0.05) is 0 Å². The summed E-state index contributed by atoms with van der Waals surface area (Å²) in [6, 6.07) is 8.69. The van der Waals surface area contributed by atoms with Gasteiger partial charge in [-0.05, 0) is 37.3 Å². The largest absolute Gasteiger partial charge is 0.493 e. The number of methoxy groups -OCH3 is 2. The summed E-state index contributed by atoms with van der Waals surface area (Å²) in [7, 11) is 3.07. The Labute approximate surface area is 132 Å². The van der Waals surface area contributed by atoms with E-state index in [1.165, 1.54) is 7.11 Å². The molecule has 2 heterocycles. The summed E-state index contributed by atoms with van der Waals surface area (Å²) in [5.74, 6) is 1.20. The number of anilines is 1. The molecule has 0 bridgehead atoms. The number of carbonyl (C=O) groups excluding carboxylic acids is 1. The summed E-state index contributed by atoms with van der Waals surface area (Å²) >= 11 is 0. The van der Waals surface area contributed by atoms with Crippen LogP contribution in [0.25, 0.3) is 11.0 Å². The van der Waals surface area contributed by atoms with Crippen molar-refractivity contribution in [2.75, 3.05) is 19.5 Å². The predicted molar refractivity (Wildman–Crippen MR) is 86.1 cm³/mol. The van der Waals surface area contributed by atoms with Crippen LogP contribution in [0.2, 0.25) is 0 Å². The Bertz CT molecular complexity index is 873. The summed E-state index contributed by atoms with van der Waals surface area (Å²) in [6.45, 7) is 1.89. The third-order valence-electron chi connectivity index (χ3n) is 3.44. The SMILES string of the molecule is COc1ccc(C(=O)Nc2n[nH]c3nc(C)ccc23)cc1OC. The third kappa shape index (κ3) is 2.80. The molecule has 0 radical (unpaired) electrons. The van der Waals surface area contributed by atoms with Crippen LogP contribution in [0.15, 0.2) is 30.3 Å². The normalized spacial score (nSPS) is 10.6. The number of nitrogens with one attached hydrogen (secondary N) is 2. The molecule has 118 valence electrons. The van der Waals surface area contributed by atoms with Crippen molar-refractivity contribution in [3.8, 4) is 11.5 Å².